The quantitative estimate of drug-likeness (QED) is 0.356. The van der Waals surface area contributed by atoms with Gasteiger partial charge in [0.2, 0.25) is 5.13 Å². The molecule has 1 aromatic carbocycles. The van der Waals surface area contributed by atoms with Crippen LogP contribution in [0.25, 0.3) is 21.3 Å². The smallest absolute Gasteiger partial charge is 0.260 e. The van der Waals surface area contributed by atoms with E-state index in [-0.39, 0.29) is 11.7 Å². The first-order valence-corrected chi connectivity index (χ1v) is 13.1. The number of anilines is 1. The fourth-order valence-corrected chi connectivity index (χ4v) is 6.47. The van der Waals surface area contributed by atoms with Crippen LogP contribution in [0.2, 0.25) is 0 Å². The van der Waals surface area contributed by atoms with Crippen LogP contribution in [0.4, 0.5) is 5.13 Å². The average molecular weight is 486 g/mol. The number of H-pyrrole nitrogens is 1. The van der Waals surface area contributed by atoms with E-state index in [9.17, 15) is 4.79 Å². The number of hydrogen-bond acceptors (Lipinski definition) is 9. The third-order valence-corrected chi connectivity index (χ3v) is 8.40. The first-order valence-electron chi connectivity index (χ1n) is 10.5. The van der Waals surface area contributed by atoms with Crippen molar-refractivity contribution >= 4 is 49.8 Å². The van der Waals surface area contributed by atoms with Gasteiger partial charge in [0, 0.05) is 23.6 Å². The van der Waals surface area contributed by atoms with Crippen molar-refractivity contribution in [2.45, 2.75) is 42.9 Å². The molecular weight excluding hydrogens is 462 g/mol. The van der Waals surface area contributed by atoms with Gasteiger partial charge in [-0.25, -0.2) is 4.98 Å². The summed E-state index contributed by atoms with van der Waals surface area (Å²) in [5, 5.41) is 13.2. The standard InChI is InChI=1S/C22H23N5O2S3/c1-12-5-7-14(8-6-12)17-13(2)31-20-18(17)19(28)24-16(25-20)11-30-22-27-26-21(32-22)23-10-15-4-3-9-29-15/h5-8,15H,3-4,9-11H2,1-2H3,(H,23,26)(H,24,25,28)/t15-/m0/s1. The predicted molar refractivity (Wildman–Crippen MR) is 132 cm³/mol. The first kappa shape index (κ1) is 21.6. The molecule has 0 unspecified atom stereocenters. The number of aromatic nitrogens is 4. The summed E-state index contributed by atoms with van der Waals surface area (Å²) in [5.74, 6) is 1.18. The van der Waals surface area contributed by atoms with Crippen molar-refractivity contribution in [2.24, 2.45) is 0 Å². The molecule has 3 aromatic heterocycles. The summed E-state index contributed by atoms with van der Waals surface area (Å²) in [6.45, 7) is 5.70. The van der Waals surface area contributed by atoms with E-state index in [4.69, 9.17) is 9.72 Å². The molecule has 1 fully saturated rings. The molecule has 2 N–H and O–H groups in total. The van der Waals surface area contributed by atoms with E-state index in [2.05, 4.69) is 51.7 Å². The Bertz CT molecular complexity index is 1290. The molecule has 0 radical (unpaired) electrons. The zero-order chi connectivity index (χ0) is 22.1. The van der Waals surface area contributed by atoms with Crippen LogP contribution >= 0.6 is 34.4 Å². The highest BCUT2D eigenvalue weighted by Crippen LogP contribution is 2.36. The molecule has 0 amide bonds. The fraction of sp³-hybridized carbons (Fsp3) is 0.364. The second-order valence-corrected chi connectivity index (χ2v) is 11.2. The molecule has 1 aliphatic heterocycles. The van der Waals surface area contributed by atoms with Crippen molar-refractivity contribution in [3.8, 4) is 11.1 Å². The van der Waals surface area contributed by atoms with Crippen LogP contribution in [-0.4, -0.2) is 39.4 Å². The summed E-state index contributed by atoms with van der Waals surface area (Å²) in [6, 6.07) is 8.26. The Morgan fingerprint density at radius 1 is 1.22 bits per heavy atom. The van der Waals surface area contributed by atoms with Gasteiger partial charge in [-0.2, -0.15) is 0 Å². The number of thioether (sulfide) groups is 1. The van der Waals surface area contributed by atoms with E-state index < -0.39 is 0 Å². The van der Waals surface area contributed by atoms with Crippen LogP contribution in [0.15, 0.2) is 33.4 Å². The maximum atomic E-state index is 13.0. The lowest BCUT2D eigenvalue weighted by atomic mass is 10.0. The summed E-state index contributed by atoms with van der Waals surface area (Å²) >= 11 is 4.59. The molecule has 10 heteroatoms. The summed E-state index contributed by atoms with van der Waals surface area (Å²) in [6.07, 6.45) is 2.47. The Morgan fingerprint density at radius 3 is 2.84 bits per heavy atom. The van der Waals surface area contributed by atoms with Gasteiger partial charge in [-0.15, -0.1) is 21.5 Å². The van der Waals surface area contributed by atoms with Gasteiger partial charge in [0.15, 0.2) is 4.34 Å². The molecule has 4 heterocycles. The fourth-order valence-electron chi connectivity index (χ4n) is 3.78. The van der Waals surface area contributed by atoms with Crippen molar-refractivity contribution in [3.05, 3.63) is 50.9 Å². The van der Waals surface area contributed by atoms with Crippen molar-refractivity contribution in [1.29, 1.82) is 0 Å². The van der Waals surface area contributed by atoms with Gasteiger partial charge in [-0.3, -0.25) is 4.79 Å². The molecule has 0 bridgehead atoms. The lowest BCUT2D eigenvalue weighted by Crippen LogP contribution is -2.18. The lowest BCUT2D eigenvalue weighted by Gasteiger charge is -2.08. The van der Waals surface area contributed by atoms with E-state index in [0.29, 0.717) is 17.0 Å². The molecule has 0 aliphatic carbocycles. The van der Waals surface area contributed by atoms with Gasteiger partial charge in [-0.05, 0) is 32.3 Å². The summed E-state index contributed by atoms with van der Waals surface area (Å²) in [7, 11) is 0. The molecule has 7 nitrogen and oxygen atoms in total. The molecule has 5 rings (SSSR count). The Kier molecular flexibility index (Phi) is 6.27. The van der Waals surface area contributed by atoms with E-state index in [1.807, 2.05) is 6.92 Å². The normalized spacial score (nSPS) is 16.1. The van der Waals surface area contributed by atoms with Crippen LogP contribution in [0.3, 0.4) is 0 Å². The van der Waals surface area contributed by atoms with Gasteiger partial charge in [-0.1, -0.05) is 52.9 Å². The lowest BCUT2D eigenvalue weighted by molar-refractivity contribution is 0.120. The van der Waals surface area contributed by atoms with E-state index in [1.165, 1.54) is 28.7 Å². The number of rotatable bonds is 7. The maximum absolute atomic E-state index is 13.0. The predicted octanol–water partition coefficient (Wildman–Crippen LogP) is 5.00. The molecule has 4 aromatic rings. The Balaban J connectivity index is 1.30. The molecule has 1 atom stereocenters. The monoisotopic (exact) mass is 485 g/mol. The molecule has 166 valence electrons. The highest BCUT2D eigenvalue weighted by molar-refractivity contribution is 8.00. The van der Waals surface area contributed by atoms with Gasteiger partial charge in [0.25, 0.3) is 5.56 Å². The third-order valence-electron chi connectivity index (χ3n) is 5.37. The molecular formula is C22H23N5O2S3. The Labute approximate surface area is 197 Å². The molecule has 1 aliphatic rings. The highest BCUT2D eigenvalue weighted by atomic mass is 32.2. The van der Waals surface area contributed by atoms with Crippen molar-refractivity contribution in [2.75, 3.05) is 18.5 Å². The number of nitrogens with one attached hydrogen (secondary N) is 2. The number of aryl methyl sites for hydroxylation is 2. The van der Waals surface area contributed by atoms with Crippen LogP contribution in [0, 0.1) is 13.8 Å². The number of ether oxygens (including phenoxy) is 1. The van der Waals surface area contributed by atoms with E-state index in [0.717, 1.165) is 56.3 Å². The van der Waals surface area contributed by atoms with Crippen LogP contribution < -0.4 is 10.9 Å². The number of thiophene rings is 1. The van der Waals surface area contributed by atoms with Gasteiger partial charge in [0.1, 0.15) is 10.7 Å². The van der Waals surface area contributed by atoms with Crippen molar-refractivity contribution < 1.29 is 4.74 Å². The zero-order valence-corrected chi connectivity index (χ0v) is 20.3. The second kappa shape index (κ2) is 9.30. The minimum Gasteiger partial charge on any atom is -0.376 e. The topological polar surface area (TPSA) is 92.8 Å². The Hall–Kier alpha value is -2.27. The van der Waals surface area contributed by atoms with Gasteiger partial charge >= 0.3 is 0 Å². The second-order valence-electron chi connectivity index (χ2n) is 7.77. The molecule has 1 saturated heterocycles. The summed E-state index contributed by atoms with van der Waals surface area (Å²) in [5.41, 5.74) is 3.12. The zero-order valence-electron chi connectivity index (χ0n) is 17.8. The minimum atomic E-state index is -0.0956. The third kappa shape index (κ3) is 4.59. The largest absolute Gasteiger partial charge is 0.376 e. The molecule has 0 saturated carbocycles. The van der Waals surface area contributed by atoms with Crippen molar-refractivity contribution in [1.82, 2.24) is 20.2 Å². The van der Waals surface area contributed by atoms with Gasteiger partial charge in [0.05, 0.1) is 17.2 Å². The van der Waals surface area contributed by atoms with Gasteiger partial charge < -0.3 is 15.0 Å². The number of hydrogen-bond donors (Lipinski definition) is 2. The number of benzene rings is 1. The minimum absolute atomic E-state index is 0.0956. The number of fused-ring (bicyclic) bond motifs is 1. The molecule has 32 heavy (non-hydrogen) atoms. The van der Waals surface area contributed by atoms with E-state index >= 15 is 0 Å². The SMILES string of the molecule is Cc1ccc(-c2c(C)sc3nc(CSc4nnc(NC[C@@H]5CCCO5)s4)[nH]c(=O)c23)cc1. The van der Waals surface area contributed by atoms with Crippen LogP contribution in [0.5, 0.6) is 0 Å². The van der Waals surface area contributed by atoms with E-state index in [1.54, 1.807) is 11.3 Å². The van der Waals surface area contributed by atoms with Crippen LogP contribution in [0.1, 0.15) is 29.1 Å². The number of aromatic amines is 1. The highest BCUT2D eigenvalue weighted by Gasteiger charge is 2.18. The summed E-state index contributed by atoms with van der Waals surface area (Å²) < 4.78 is 6.46. The molecule has 0 spiro atoms. The number of nitrogens with zero attached hydrogens (tertiary/aromatic N) is 3. The van der Waals surface area contributed by atoms with Crippen LogP contribution in [-0.2, 0) is 10.5 Å². The van der Waals surface area contributed by atoms with Crippen molar-refractivity contribution in [3.63, 3.8) is 0 Å². The Morgan fingerprint density at radius 2 is 2.06 bits per heavy atom. The first-order chi connectivity index (χ1) is 15.6. The summed E-state index contributed by atoms with van der Waals surface area (Å²) in [4.78, 5) is 22.5. The average Bonchev–Trinajstić information content (AvgIpc) is 3.51. The maximum Gasteiger partial charge on any atom is 0.260 e.